The normalized spacial score (nSPS) is 17.3. The Balaban J connectivity index is 2.02. The summed E-state index contributed by atoms with van der Waals surface area (Å²) in [7, 11) is 1.29. The molecule has 6 nitrogen and oxygen atoms in total. The number of Topliss-reactive ketones (excluding diaryl/α,β-unsaturated/α-hetero) is 1. The van der Waals surface area contributed by atoms with Crippen LogP contribution in [0.3, 0.4) is 0 Å². The highest BCUT2D eigenvalue weighted by Crippen LogP contribution is 2.45. The summed E-state index contributed by atoms with van der Waals surface area (Å²) in [5.41, 5.74) is -0.594. The number of carbonyl (C=O) groups is 2. The molecule has 10 heteroatoms. The van der Waals surface area contributed by atoms with Crippen molar-refractivity contribution in [3.8, 4) is 11.5 Å². The first kappa shape index (κ1) is 23.5. The summed E-state index contributed by atoms with van der Waals surface area (Å²) in [5.74, 6) is -5.02. The van der Waals surface area contributed by atoms with Crippen LogP contribution in [0.1, 0.15) is 17.2 Å². The highest BCUT2D eigenvalue weighted by molar-refractivity contribution is 6.52. The molecule has 0 bridgehead atoms. The third-order valence-electron chi connectivity index (χ3n) is 5.29. The number of rotatable bonds is 4. The van der Waals surface area contributed by atoms with Crippen LogP contribution in [0.2, 0.25) is 10.0 Å². The number of hydrogen-bond acceptors (Lipinski definition) is 5. The monoisotopic (exact) mass is 505 g/mol. The van der Waals surface area contributed by atoms with Crippen molar-refractivity contribution >= 4 is 46.3 Å². The van der Waals surface area contributed by atoms with Crippen molar-refractivity contribution in [3.63, 3.8) is 0 Å². The first-order valence-electron chi connectivity index (χ1n) is 9.72. The summed E-state index contributed by atoms with van der Waals surface area (Å²) < 4.78 is 33.5. The number of ketones is 1. The standard InChI is InChI=1S/C24H15Cl2F2NO5/c1-34-23-15(8-12(25)9-16(23)26)21(31)19-20(11-2-5-14(30)6-3-11)29(24(33)22(19)32)18-7-4-13(27)10-17(18)28/h2-10,20,30-31H,1H3/b21-19+. The Labute approximate surface area is 202 Å². The van der Waals surface area contributed by atoms with Crippen LogP contribution < -0.4 is 9.64 Å². The fraction of sp³-hybridized carbons (Fsp3) is 0.0833. The lowest BCUT2D eigenvalue weighted by molar-refractivity contribution is -0.132. The molecule has 1 aliphatic rings. The zero-order chi connectivity index (χ0) is 24.7. The van der Waals surface area contributed by atoms with Crippen LogP contribution in [0, 0.1) is 11.6 Å². The Morgan fingerprint density at radius 2 is 1.71 bits per heavy atom. The van der Waals surface area contributed by atoms with E-state index < -0.39 is 40.7 Å². The molecule has 1 unspecified atom stereocenters. The highest BCUT2D eigenvalue weighted by atomic mass is 35.5. The van der Waals surface area contributed by atoms with Crippen LogP contribution >= 0.6 is 23.2 Å². The predicted octanol–water partition coefficient (Wildman–Crippen LogP) is 5.61. The van der Waals surface area contributed by atoms with E-state index in [2.05, 4.69) is 0 Å². The minimum Gasteiger partial charge on any atom is -0.508 e. The molecule has 0 spiro atoms. The molecule has 0 aromatic heterocycles. The molecule has 0 saturated carbocycles. The summed E-state index contributed by atoms with van der Waals surface area (Å²) in [5, 5.41) is 21.1. The van der Waals surface area contributed by atoms with Crippen molar-refractivity contribution in [2.75, 3.05) is 12.0 Å². The number of aliphatic hydroxyl groups excluding tert-OH is 1. The lowest BCUT2D eigenvalue weighted by Gasteiger charge is -2.26. The van der Waals surface area contributed by atoms with E-state index in [1.807, 2.05) is 0 Å². The van der Waals surface area contributed by atoms with Crippen LogP contribution in [0.15, 0.2) is 60.2 Å². The molecule has 1 atom stereocenters. The number of phenolic OH excluding ortho intramolecular Hbond substituents is 1. The number of nitrogens with zero attached hydrogens (tertiary/aromatic N) is 1. The maximum Gasteiger partial charge on any atom is 0.300 e. The lowest BCUT2D eigenvalue weighted by Crippen LogP contribution is -2.30. The van der Waals surface area contributed by atoms with Gasteiger partial charge in [-0.2, -0.15) is 0 Å². The molecular weight excluding hydrogens is 491 g/mol. The van der Waals surface area contributed by atoms with Gasteiger partial charge in [-0.15, -0.1) is 0 Å². The van der Waals surface area contributed by atoms with Gasteiger partial charge in [-0.3, -0.25) is 14.5 Å². The molecule has 1 aliphatic heterocycles. The van der Waals surface area contributed by atoms with E-state index in [-0.39, 0.29) is 38.4 Å². The second-order valence-electron chi connectivity index (χ2n) is 7.32. The summed E-state index contributed by atoms with van der Waals surface area (Å²) in [6, 6.07) is 9.24. The molecular formula is C24H15Cl2F2NO5. The topological polar surface area (TPSA) is 87.1 Å². The molecule has 1 saturated heterocycles. The van der Waals surface area contributed by atoms with Gasteiger partial charge in [0.25, 0.3) is 11.7 Å². The quantitative estimate of drug-likeness (QED) is 0.273. The predicted molar refractivity (Wildman–Crippen MR) is 122 cm³/mol. The van der Waals surface area contributed by atoms with Crippen LogP contribution in [-0.4, -0.2) is 29.0 Å². The van der Waals surface area contributed by atoms with E-state index in [1.54, 1.807) is 0 Å². The molecule has 1 heterocycles. The second-order valence-corrected chi connectivity index (χ2v) is 8.17. The SMILES string of the molecule is COc1c(Cl)cc(Cl)cc1/C(O)=C1\C(=O)C(=O)N(c2ccc(F)cc2F)C1c1ccc(O)cc1. The van der Waals surface area contributed by atoms with E-state index in [0.29, 0.717) is 6.07 Å². The van der Waals surface area contributed by atoms with Crippen LogP contribution in [0.5, 0.6) is 11.5 Å². The van der Waals surface area contributed by atoms with Crippen LogP contribution in [0.4, 0.5) is 14.5 Å². The summed E-state index contributed by atoms with van der Waals surface area (Å²) in [6.07, 6.45) is 0. The van der Waals surface area contributed by atoms with Gasteiger partial charge in [0.2, 0.25) is 0 Å². The fourth-order valence-corrected chi connectivity index (χ4v) is 4.39. The Hall–Kier alpha value is -3.62. The van der Waals surface area contributed by atoms with Gasteiger partial charge in [0.05, 0.1) is 35.0 Å². The Bertz CT molecular complexity index is 1360. The number of halogens is 4. The zero-order valence-corrected chi connectivity index (χ0v) is 18.9. The van der Waals surface area contributed by atoms with Crippen molar-refractivity contribution in [3.05, 3.63) is 93.0 Å². The summed E-state index contributed by atoms with van der Waals surface area (Å²) in [4.78, 5) is 27.0. The lowest BCUT2D eigenvalue weighted by atomic mass is 9.94. The van der Waals surface area contributed by atoms with Crippen molar-refractivity contribution in [1.29, 1.82) is 0 Å². The largest absolute Gasteiger partial charge is 0.508 e. The molecule has 174 valence electrons. The third-order valence-corrected chi connectivity index (χ3v) is 5.79. The maximum absolute atomic E-state index is 14.7. The number of hydrogen-bond donors (Lipinski definition) is 2. The smallest absolute Gasteiger partial charge is 0.300 e. The number of ether oxygens (including phenoxy) is 1. The third kappa shape index (κ3) is 3.95. The van der Waals surface area contributed by atoms with E-state index in [1.165, 1.54) is 43.5 Å². The van der Waals surface area contributed by atoms with E-state index in [0.717, 1.165) is 17.0 Å². The molecule has 0 radical (unpaired) electrons. The number of methoxy groups -OCH3 is 1. The molecule has 34 heavy (non-hydrogen) atoms. The fourth-order valence-electron chi connectivity index (χ4n) is 3.82. The number of amides is 1. The van der Waals surface area contributed by atoms with Gasteiger partial charge in [-0.1, -0.05) is 35.3 Å². The summed E-state index contributed by atoms with van der Waals surface area (Å²) in [6.45, 7) is 0. The van der Waals surface area contributed by atoms with Gasteiger partial charge in [0, 0.05) is 11.1 Å². The summed E-state index contributed by atoms with van der Waals surface area (Å²) >= 11 is 12.2. The highest BCUT2D eigenvalue weighted by Gasteiger charge is 2.48. The van der Waals surface area contributed by atoms with Gasteiger partial charge < -0.3 is 14.9 Å². The number of phenols is 1. The number of benzene rings is 3. The molecule has 3 aromatic carbocycles. The first-order valence-corrected chi connectivity index (χ1v) is 10.5. The number of anilines is 1. The number of carbonyl (C=O) groups excluding carboxylic acids is 2. The first-order chi connectivity index (χ1) is 16.1. The van der Waals surface area contributed by atoms with Crippen LogP contribution in [-0.2, 0) is 9.59 Å². The second kappa shape index (κ2) is 8.96. The zero-order valence-electron chi connectivity index (χ0n) is 17.4. The molecule has 1 fully saturated rings. The minimum absolute atomic E-state index is 0.00724. The van der Waals surface area contributed by atoms with Gasteiger partial charge >= 0.3 is 0 Å². The molecule has 3 aromatic rings. The molecule has 0 aliphatic carbocycles. The van der Waals surface area contributed by atoms with Crippen molar-refractivity contribution in [1.82, 2.24) is 0 Å². The minimum atomic E-state index is -1.33. The van der Waals surface area contributed by atoms with E-state index in [9.17, 15) is 28.6 Å². The average Bonchev–Trinajstić information content (AvgIpc) is 3.04. The molecule has 2 N–H and O–H groups in total. The van der Waals surface area contributed by atoms with Crippen molar-refractivity contribution < 1.29 is 33.3 Å². The van der Waals surface area contributed by atoms with Crippen molar-refractivity contribution in [2.45, 2.75) is 6.04 Å². The van der Waals surface area contributed by atoms with Crippen LogP contribution in [0.25, 0.3) is 5.76 Å². The Morgan fingerprint density at radius 1 is 1.03 bits per heavy atom. The maximum atomic E-state index is 14.7. The van der Waals surface area contributed by atoms with E-state index >= 15 is 0 Å². The van der Waals surface area contributed by atoms with Gasteiger partial charge in [0.1, 0.15) is 28.9 Å². The Morgan fingerprint density at radius 3 is 2.32 bits per heavy atom. The number of aromatic hydroxyl groups is 1. The average molecular weight is 506 g/mol. The number of aliphatic hydroxyl groups is 1. The van der Waals surface area contributed by atoms with Gasteiger partial charge in [-0.25, -0.2) is 8.78 Å². The molecule has 4 rings (SSSR count). The van der Waals surface area contributed by atoms with Gasteiger partial charge in [-0.05, 0) is 42.0 Å². The van der Waals surface area contributed by atoms with E-state index in [4.69, 9.17) is 27.9 Å². The molecule has 1 amide bonds. The van der Waals surface area contributed by atoms with Gasteiger partial charge in [0.15, 0.2) is 0 Å². The Kier molecular flexibility index (Phi) is 6.20. The van der Waals surface area contributed by atoms with Crippen molar-refractivity contribution in [2.24, 2.45) is 0 Å².